The molecule has 0 aliphatic carbocycles. The number of benzene rings is 2. The second-order valence-corrected chi connectivity index (χ2v) is 10.7. The van der Waals surface area contributed by atoms with Gasteiger partial charge < -0.3 is 4.74 Å². The highest BCUT2D eigenvalue weighted by atomic mass is 32.2. The summed E-state index contributed by atoms with van der Waals surface area (Å²) in [6.45, 7) is 4.00. The smallest absolute Gasteiger partial charge is 0.265 e. The van der Waals surface area contributed by atoms with Crippen molar-refractivity contribution in [1.29, 1.82) is 0 Å². The molecule has 1 heterocycles. The minimum Gasteiger partial charge on any atom is -0.495 e. The summed E-state index contributed by atoms with van der Waals surface area (Å²) in [5, 5.41) is 0. The van der Waals surface area contributed by atoms with Gasteiger partial charge in [-0.3, -0.25) is 9.03 Å². The molecule has 0 atom stereocenters. The Morgan fingerprint density at radius 2 is 1.83 bits per heavy atom. The zero-order valence-electron chi connectivity index (χ0n) is 16.8. The minimum atomic E-state index is -3.87. The number of fused-ring (bicyclic) bond motifs is 1. The summed E-state index contributed by atoms with van der Waals surface area (Å²) < 4.78 is 59.9. The van der Waals surface area contributed by atoms with Crippen LogP contribution in [0.2, 0.25) is 0 Å². The van der Waals surface area contributed by atoms with Crippen molar-refractivity contribution >= 4 is 31.4 Å². The lowest BCUT2D eigenvalue weighted by Crippen LogP contribution is -2.36. The zero-order chi connectivity index (χ0) is 21.2. The third kappa shape index (κ3) is 4.35. The fraction of sp³-hybridized carbons (Fsp3) is 0.400. The first kappa shape index (κ1) is 21.4. The highest BCUT2D eigenvalue weighted by Crippen LogP contribution is 2.33. The largest absolute Gasteiger partial charge is 0.495 e. The molecule has 0 saturated carbocycles. The molecular weight excluding hydrogens is 412 g/mol. The first-order valence-corrected chi connectivity index (χ1v) is 12.6. The van der Waals surface area contributed by atoms with E-state index in [9.17, 15) is 16.8 Å². The molecule has 1 aliphatic rings. The van der Waals surface area contributed by atoms with E-state index in [2.05, 4.69) is 4.72 Å². The normalized spacial score (nSPS) is 14.4. The summed E-state index contributed by atoms with van der Waals surface area (Å²) in [5.41, 5.74) is 2.70. The van der Waals surface area contributed by atoms with Gasteiger partial charge in [-0.1, -0.05) is 13.0 Å². The van der Waals surface area contributed by atoms with Crippen molar-refractivity contribution in [2.24, 2.45) is 0 Å². The molecule has 0 unspecified atom stereocenters. The SMILES string of the molecule is CCc1ccc(OC)c(S(=O)(=O)Nc2ccc3c(c2)CCCN3S(=O)(=O)CC)c1. The molecule has 0 radical (unpaired) electrons. The van der Waals surface area contributed by atoms with Gasteiger partial charge in [0.2, 0.25) is 10.0 Å². The summed E-state index contributed by atoms with van der Waals surface area (Å²) in [6.07, 6.45) is 2.08. The van der Waals surface area contributed by atoms with Crippen molar-refractivity contribution in [2.75, 3.05) is 28.4 Å². The second kappa shape index (κ2) is 8.23. The van der Waals surface area contributed by atoms with Crippen LogP contribution in [-0.2, 0) is 32.9 Å². The molecule has 0 aromatic heterocycles. The molecule has 29 heavy (non-hydrogen) atoms. The standard InChI is InChI=1S/C20H26N2O5S2/c1-4-15-8-11-19(27-3)20(13-15)29(25,26)21-17-9-10-18-16(14-17)7-6-12-22(18)28(23,24)5-2/h8-11,13-14,21H,4-7,12H2,1-3H3. The van der Waals surface area contributed by atoms with Crippen molar-refractivity contribution < 1.29 is 21.6 Å². The summed E-state index contributed by atoms with van der Waals surface area (Å²) >= 11 is 0. The van der Waals surface area contributed by atoms with Gasteiger partial charge in [0.05, 0.1) is 18.6 Å². The van der Waals surface area contributed by atoms with Crippen LogP contribution in [0.25, 0.3) is 0 Å². The van der Waals surface area contributed by atoms with Gasteiger partial charge in [-0.15, -0.1) is 0 Å². The molecule has 9 heteroatoms. The average molecular weight is 439 g/mol. The van der Waals surface area contributed by atoms with E-state index >= 15 is 0 Å². The Kier molecular flexibility index (Phi) is 6.09. The summed E-state index contributed by atoms with van der Waals surface area (Å²) in [4.78, 5) is 0.0762. The number of aryl methyl sites for hydroxylation is 2. The Hall–Kier alpha value is -2.26. The first-order valence-electron chi connectivity index (χ1n) is 9.55. The number of methoxy groups -OCH3 is 1. The maximum atomic E-state index is 13.0. The van der Waals surface area contributed by atoms with Crippen LogP contribution in [0.5, 0.6) is 5.75 Å². The minimum absolute atomic E-state index is 0.0222. The average Bonchev–Trinajstić information content (AvgIpc) is 2.72. The van der Waals surface area contributed by atoms with E-state index in [4.69, 9.17) is 4.74 Å². The van der Waals surface area contributed by atoms with Gasteiger partial charge in [0.15, 0.2) is 0 Å². The van der Waals surface area contributed by atoms with Gasteiger partial charge in [0.25, 0.3) is 10.0 Å². The number of ether oxygens (including phenoxy) is 1. The predicted molar refractivity (Wildman–Crippen MR) is 115 cm³/mol. The highest BCUT2D eigenvalue weighted by molar-refractivity contribution is 7.93. The highest BCUT2D eigenvalue weighted by Gasteiger charge is 2.27. The van der Waals surface area contributed by atoms with E-state index in [1.165, 1.54) is 11.4 Å². The van der Waals surface area contributed by atoms with Crippen LogP contribution < -0.4 is 13.8 Å². The Morgan fingerprint density at radius 3 is 2.48 bits per heavy atom. The van der Waals surface area contributed by atoms with E-state index < -0.39 is 20.0 Å². The maximum absolute atomic E-state index is 13.0. The fourth-order valence-electron chi connectivity index (χ4n) is 3.43. The lowest BCUT2D eigenvalue weighted by molar-refractivity contribution is 0.402. The molecule has 2 aromatic carbocycles. The van der Waals surface area contributed by atoms with E-state index in [0.717, 1.165) is 11.1 Å². The topological polar surface area (TPSA) is 92.8 Å². The van der Waals surface area contributed by atoms with Crippen LogP contribution in [-0.4, -0.2) is 36.2 Å². The van der Waals surface area contributed by atoms with Crippen molar-refractivity contribution in [1.82, 2.24) is 0 Å². The van der Waals surface area contributed by atoms with Gasteiger partial charge in [0.1, 0.15) is 10.6 Å². The number of sulfonamides is 2. The number of hydrogen-bond acceptors (Lipinski definition) is 5. The summed E-state index contributed by atoms with van der Waals surface area (Å²) in [6, 6.07) is 10.1. The van der Waals surface area contributed by atoms with Crippen LogP contribution in [0.15, 0.2) is 41.3 Å². The number of anilines is 2. The lowest BCUT2D eigenvalue weighted by atomic mass is 10.0. The van der Waals surface area contributed by atoms with Crippen molar-refractivity contribution in [3.63, 3.8) is 0 Å². The number of nitrogens with zero attached hydrogens (tertiary/aromatic N) is 1. The molecular formula is C20H26N2O5S2. The Labute approximate surface area is 172 Å². The van der Waals surface area contributed by atoms with E-state index in [1.807, 2.05) is 13.0 Å². The molecule has 7 nitrogen and oxygen atoms in total. The van der Waals surface area contributed by atoms with Crippen molar-refractivity contribution in [2.45, 2.75) is 38.0 Å². The van der Waals surface area contributed by atoms with Crippen LogP contribution >= 0.6 is 0 Å². The molecule has 0 spiro atoms. The first-order chi connectivity index (χ1) is 13.7. The van der Waals surface area contributed by atoms with Gasteiger partial charge >= 0.3 is 0 Å². The third-order valence-corrected chi connectivity index (χ3v) is 8.22. The van der Waals surface area contributed by atoms with Crippen molar-refractivity contribution in [3.8, 4) is 5.75 Å². The van der Waals surface area contributed by atoms with Crippen molar-refractivity contribution in [3.05, 3.63) is 47.5 Å². The molecule has 1 N–H and O–H groups in total. The quantitative estimate of drug-likeness (QED) is 0.717. The summed E-state index contributed by atoms with van der Waals surface area (Å²) in [5.74, 6) is 0.293. The number of rotatable bonds is 7. The molecule has 0 fully saturated rings. The monoisotopic (exact) mass is 438 g/mol. The van der Waals surface area contributed by atoms with E-state index in [-0.39, 0.29) is 16.4 Å². The second-order valence-electron chi connectivity index (χ2n) is 6.86. The Morgan fingerprint density at radius 1 is 1.07 bits per heavy atom. The molecule has 1 aliphatic heterocycles. The van der Waals surface area contributed by atoms with E-state index in [1.54, 1.807) is 37.3 Å². The fourth-order valence-corrected chi connectivity index (χ4v) is 5.90. The van der Waals surface area contributed by atoms with Gasteiger partial charge in [-0.2, -0.15) is 0 Å². The number of hydrogen-bond donors (Lipinski definition) is 1. The maximum Gasteiger partial charge on any atom is 0.265 e. The van der Waals surface area contributed by atoms with Crippen LogP contribution in [0, 0.1) is 0 Å². The molecule has 0 saturated heterocycles. The Balaban J connectivity index is 1.96. The molecule has 2 aromatic rings. The lowest BCUT2D eigenvalue weighted by Gasteiger charge is -2.30. The van der Waals surface area contributed by atoms with Gasteiger partial charge in [-0.05, 0) is 67.6 Å². The molecule has 3 rings (SSSR count). The Bertz CT molecular complexity index is 1110. The van der Waals surface area contributed by atoms with Gasteiger partial charge in [0, 0.05) is 12.2 Å². The molecule has 0 amide bonds. The van der Waals surface area contributed by atoms with E-state index in [0.29, 0.717) is 37.2 Å². The van der Waals surface area contributed by atoms with Crippen LogP contribution in [0.4, 0.5) is 11.4 Å². The van der Waals surface area contributed by atoms with Gasteiger partial charge in [-0.25, -0.2) is 16.8 Å². The third-order valence-electron chi connectivity index (χ3n) is 5.03. The summed E-state index contributed by atoms with van der Waals surface area (Å²) in [7, 11) is -5.80. The molecule has 158 valence electrons. The van der Waals surface area contributed by atoms with Crippen LogP contribution in [0.3, 0.4) is 0 Å². The number of nitrogens with one attached hydrogen (secondary N) is 1. The van der Waals surface area contributed by atoms with Crippen LogP contribution in [0.1, 0.15) is 31.4 Å². The predicted octanol–water partition coefficient (Wildman–Crippen LogP) is 3.16. The molecule has 0 bridgehead atoms. The zero-order valence-corrected chi connectivity index (χ0v) is 18.4.